The van der Waals surface area contributed by atoms with Gasteiger partial charge in [-0.1, -0.05) is 0 Å². The molecular formula is C16H23N5O2. The van der Waals surface area contributed by atoms with E-state index in [1.807, 2.05) is 13.0 Å². The van der Waals surface area contributed by atoms with Crippen LogP contribution in [0.5, 0.6) is 0 Å². The van der Waals surface area contributed by atoms with E-state index >= 15 is 0 Å². The Labute approximate surface area is 135 Å². The normalized spacial score (nSPS) is 19.9. The second-order valence-electron chi connectivity index (χ2n) is 6.30. The Morgan fingerprint density at radius 2 is 1.87 bits per heavy atom. The van der Waals surface area contributed by atoms with E-state index in [0.717, 1.165) is 82.2 Å². The van der Waals surface area contributed by atoms with Crippen LogP contribution in [0.1, 0.15) is 23.2 Å². The summed E-state index contributed by atoms with van der Waals surface area (Å²) in [5, 5.41) is 8.82. The Morgan fingerprint density at radius 1 is 1.00 bits per heavy atom. The number of ether oxygens (including phenoxy) is 1. The lowest BCUT2D eigenvalue weighted by Crippen LogP contribution is -2.38. The average molecular weight is 317 g/mol. The Morgan fingerprint density at radius 3 is 2.65 bits per heavy atom. The maximum absolute atomic E-state index is 5.68. The lowest BCUT2D eigenvalue weighted by Gasteiger charge is -2.29. The van der Waals surface area contributed by atoms with Crippen molar-refractivity contribution in [3.05, 3.63) is 35.3 Å². The SMILES string of the molecule is Cc1ccc(CN2CCn3c(CN4CCOCC4)nnc3C2)o1. The molecular weight excluding hydrogens is 294 g/mol. The molecule has 0 aromatic carbocycles. The van der Waals surface area contributed by atoms with Crippen molar-refractivity contribution in [2.45, 2.75) is 33.1 Å². The van der Waals surface area contributed by atoms with Crippen LogP contribution in [0, 0.1) is 6.92 Å². The number of nitrogens with zero attached hydrogens (tertiary/aromatic N) is 5. The number of hydrogen-bond donors (Lipinski definition) is 0. The standard InChI is InChI=1S/C16H23N5O2/c1-13-2-3-14(23-13)10-20-4-5-21-15(17-18-16(21)12-20)11-19-6-8-22-9-7-19/h2-3H,4-12H2,1H3. The fraction of sp³-hybridized carbons (Fsp3) is 0.625. The maximum Gasteiger partial charge on any atom is 0.147 e. The molecule has 2 aromatic rings. The van der Waals surface area contributed by atoms with Gasteiger partial charge in [-0.2, -0.15) is 0 Å². The first-order valence-corrected chi connectivity index (χ1v) is 8.26. The lowest BCUT2D eigenvalue weighted by molar-refractivity contribution is 0.0322. The van der Waals surface area contributed by atoms with Gasteiger partial charge in [-0.05, 0) is 19.1 Å². The molecule has 2 aliphatic rings. The summed E-state index contributed by atoms with van der Waals surface area (Å²) in [6.07, 6.45) is 0. The highest BCUT2D eigenvalue weighted by atomic mass is 16.5. The highest BCUT2D eigenvalue weighted by molar-refractivity contribution is 5.06. The van der Waals surface area contributed by atoms with Crippen LogP contribution < -0.4 is 0 Å². The number of fused-ring (bicyclic) bond motifs is 1. The van der Waals surface area contributed by atoms with Crippen molar-refractivity contribution >= 4 is 0 Å². The van der Waals surface area contributed by atoms with Gasteiger partial charge in [-0.25, -0.2) is 0 Å². The fourth-order valence-electron chi connectivity index (χ4n) is 3.27. The molecule has 0 radical (unpaired) electrons. The topological polar surface area (TPSA) is 59.6 Å². The van der Waals surface area contributed by atoms with E-state index in [2.05, 4.69) is 30.6 Å². The van der Waals surface area contributed by atoms with Crippen molar-refractivity contribution in [3.8, 4) is 0 Å². The quantitative estimate of drug-likeness (QED) is 0.839. The van der Waals surface area contributed by atoms with Gasteiger partial charge in [0.2, 0.25) is 0 Å². The number of aromatic nitrogens is 3. The van der Waals surface area contributed by atoms with E-state index in [1.165, 1.54) is 0 Å². The molecule has 0 unspecified atom stereocenters. The lowest BCUT2D eigenvalue weighted by atomic mass is 10.3. The molecule has 0 atom stereocenters. The summed E-state index contributed by atoms with van der Waals surface area (Å²) in [6, 6.07) is 4.07. The van der Waals surface area contributed by atoms with E-state index in [9.17, 15) is 0 Å². The Balaban J connectivity index is 1.40. The molecule has 7 heteroatoms. The van der Waals surface area contributed by atoms with Crippen molar-refractivity contribution in [1.29, 1.82) is 0 Å². The van der Waals surface area contributed by atoms with Gasteiger partial charge in [0.05, 0.1) is 32.8 Å². The van der Waals surface area contributed by atoms with Crippen LogP contribution in [-0.2, 0) is 30.9 Å². The smallest absolute Gasteiger partial charge is 0.147 e. The third kappa shape index (κ3) is 3.31. The highest BCUT2D eigenvalue weighted by Crippen LogP contribution is 2.17. The molecule has 2 aliphatic heterocycles. The van der Waals surface area contributed by atoms with Gasteiger partial charge in [-0.15, -0.1) is 10.2 Å². The third-order valence-electron chi connectivity index (χ3n) is 4.55. The van der Waals surface area contributed by atoms with Crippen molar-refractivity contribution in [1.82, 2.24) is 24.6 Å². The Bertz CT molecular complexity index is 659. The van der Waals surface area contributed by atoms with Crippen LogP contribution in [-0.4, -0.2) is 57.4 Å². The van der Waals surface area contributed by atoms with Gasteiger partial charge in [0.25, 0.3) is 0 Å². The van der Waals surface area contributed by atoms with Gasteiger partial charge >= 0.3 is 0 Å². The maximum atomic E-state index is 5.68. The molecule has 1 saturated heterocycles. The van der Waals surface area contributed by atoms with Crippen LogP contribution in [0.15, 0.2) is 16.5 Å². The van der Waals surface area contributed by atoms with E-state index in [0.29, 0.717) is 0 Å². The number of hydrogen-bond acceptors (Lipinski definition) is 6. The third-order valence-corrected chi connectivity index (χ3v) is 4.55. The van der Waals surface area contributed by atoms with Crippen LogP contribution in [0.3, 0.4) is 0 Å². The second-order valence-corrected chi connectivity index (χ2v) is 6.30. The summed E-state index contributed by atoms with van der Waals surface area (Å²) < 4.78 is 13.4. The molecule has 1 fully saturated rings. The molecule has 0 spiro atoms. The zero-order chi connectivity index (χ0) is 15.6. The minimum absolute atomic E-state index is 0.817. The Kier molecular flexibility index (Phi) is 4.15. The monoisotopic (exact) mass is 317 g/mol. The van der Waals surface area contributed by atoms with Crippen molar-refractivity contribution in [2.75, 3.05) is 32.8 Å². The minimum Gasteiger partial charge on any atom is -0.465 e. The molecule has 0 saturated carbocycles. The number of rotatable bonds is 4. The molecule has 124 valence electrons. The molecule has 4 heterocycles. The summed E-state index contributed by atoms with van der Waals surface area (Å²) in [5.74, 6) is 4.12. The molecule has 0 aliphatic carbocycles. The molecule has 0 amide bonds. The second kappa shape index (κ2) is 6.43. The number of morpholine rings is 1. The van der Waals surface area contributed by atoms with Crippen molar-refractivity contribution in [2.24, 2.45) is 0 Å². The van der Waals surface area contributed by atoms with E-state index < -0.39 is 0 Å². The zero-order valence-corrected chi connectivity index (χ0v) is 13.6. The van der Waals surface area contributed by atoms with E-state index in [1.54, 1.807) is 0 Å². The summed E-state index contributed by atoms with van der Waals surface area (Å²) in [5.41, 5.74) is 0. The van der Waals surface area contributed by atoms with Gasteiger partial charge in [-0.3, -0.25) is 9.80 Å². The molecule has 0 bridgehead atoms. The zero-order valence-electron chi connectivity index (χ0n) is 13.6. The minimum atomic E-state index is 0.817. The van der Waals surface area contributed by atoms with E-state index in [-0.39, 0.29) is 0 Å². The first kappa shape index (κ1) is 14.9. The van der Waals surface area contributed by atoms with Gasteiger partial charge in [0.1, 0.15) is 23.2 Å². The summed E-state index contributed by atoms with van der Waals surface area (Å²) in [6.45, 7) is 10.0. The molecule has 0 N–H and O–H groups in total. The molecule has 4 rings (SSSR count). The average Bonchev–Trinajstić information content (AvgIpc) is 3.15. The van der Waals surface area contributed by atoms with Crippen LogP contribution in [0.2, 0.25) is 0 Å². The van der Waals surface area contributed by atoms with Crippen LogP contribution in [0.4, 0.5) is 0 Å². The number of aryl methyl sites for hydroxylation is 1. The van der Waals surface area contributed by atoms with Crippen molar-refractivity contribution in [3.63, 3.8) is 0 Å². The first-order valence-electron chi connectivity index (χ1n) is 8.26. The Hall–Kier alpha value is -1.70. The van der Waals surface area contributed by atoms with Crippen LogP contribution in [0.25, 0.3) is 0 Å². The van der Waals surface area contributed by atoms with Gasteiger partial charge in [0, 0.05) is 26.2 Å². The molecule has 23 heavy (non-hydrogen) atoms. The summed E-state index contributed by atoms with van der Waals surface area (Å²) in [4.78, 5) is 4.75. The predicted octanol–water partition coefficient (Wildman–Crippen LogP) is 1.03. The summed E-state index contributed by atoms with van der Waals surface area (Å²) in [7, 11) is 0. The fourth-order valence-corrected chi connectivity index (χ4v) is 3.27. The first-order chi connectivity index (χ1) is 11.3. The molecule has 7 nitrogen and oxygen atoms in total. The van der Waals surface area contributed by atoms with Gasteiger partial charge in [0.15, 0.2) is 0 Å². The van der Waals surface area contributed by atoms with Crippen molar-refractivity contribution < 1.29 is 9.15 Å². The number of furan rings is 1. The predicted molar refractivity (Wildman–Crippen MR) is 83.7 cm³/mol. The van der Waals surface area contributed by atoms with E-state index in [4.69, 9.17) is 9.15 Å². The molecule has 2 aromatic heterocycles. The van der Waals surface area contributed by atoms with Crippen LogP contribution >= 0.6 is 0 Å². The van der Waals surface area contributed by atoms with Gasteiger partial charge < -0.3 is 13.7 Å². The highest BCUT2D eigenvalue weighted by Gasteiger charge is 2.23. The summed E-state index contributed by atoms with van der Waals surface area (Å²) >= 11 is 0. The largest absolute Gasteiger partial charge is 0.465 e.